The number of carbonyl (C=O) groups excluding carboxylic acids is 1. The van der Waals surface area contributed by atoms with E-state index in [1.54, 1.807) is 47.8 Å². The van der Waals surface area contributed by atoms with Crippen LogP contribution in [-0.2, 0) is 4.74 Å². The topological polar surface area (TPSA) is 97.0 Å². The smallest absolute Gasteiger partial charge is 0.337 e. The minimum atomic E-state index is -3.34. The second-order valence-corrected chi connectivity index (χ2v) is 9.96. The van der Waals surface area contributed by atoms with Gasteiger partial charge in [-0.05, 0) is 48.9 Å². The van der Waals surface area contributed by atoms with Gasteiger partial charge < -0.3 is 9.64 Å². The van der Waals surface area contributed by atoms with Crippen molar-refractivity contribution in [2.24, 2.45) is 0 Å². The van der Waals surface area contributed by atoms with Crippen LogP contribution in [-0.4, -0.2) is 46.1 Å². The summed E-state index contributed by atoms with van der Waals surface area (Å²) in [6.45, 7) is 2.44. The first-order chi connectivity index (χ1) is 15.8. The lowest BCUT2D eigenvalue weighted by molar-refractivity contribution is 0.0600. The summed E-state index contributed by atoms with van der Waals surface area (Å²) < 4.78 is 29.0. The molecule has 1 aliphatic heterocycles. The van der Waals surface area contributed by atoms with E-state index in [4.69, 9.17) is 4.74 Å². The van der Waals surface area contributed by atoms with Gasteiger partial charge in [0.15, 0.2) is 0 Å². The van der Waals surface area contributed by atoms with Gasteiger partial charge in [0, 0.05) is 30.9 Å². The fourth-order valence-corrected chi connectivity index (χ4v) is 5.60. The molecule has 4 rings (SSSR count). The van der Waals surface area contributed by atoms with E-state index in [1.807, 2.05) is 42.2 Å². The number of carbonyl (C=O) groups is 1. The molecule has 0 saturated heterocycles. The van der Waals surface area contributed by atoms with Crippen molar-refractivity contribution in [3.63, 3.8) is 0 Å². The maximum Gasteiger partial charge on any atom is 0.337 e. The van der Waals surface area contributed by atoms with Crippen molar-refractivity contribution < 1.29 is 18.6 Å². The molecule has 0 aliphatic carbocycles. The molecule has 0 spiro atoms. The van der Waals surface area contributed by atoms with Gasteiger partial charge in [0.05, 0.1) is 34.9 Å². The molecule has 1 unspecified atom stereocenters. The van der Waals surface area contributed by atoms with Crippen LogP contribution in [0.15, 0.2) is 71.6 Å². The van der Waals surface area contributed by atoms with E-state index in [1.165, 1.54) is 7.11 Å². The van der Waals surface area contributed by atoms with E-state index < -0.39 is 16.7 Å². The third-order valence-corrected chi connectivity index (χ3v) is 8.02. The Kier molecular flexibility index (Phi) is 6.15. The third kappa shape index (κ3) is 4.08. The van der Waals surface area contributed by atoms with Crippen LogP contribution in [0.25, 0.3) is 11.1 Å². The molecule has 0 aromatic heterocycles. The van der Waals surface area contributed by atoms with E-state index in [0.29, 0.717) is 39.4 Å². The van der Waals surface area contributed by atoms with Gasteiger partial charge in [-0.2, -0.15) is 5.26 Å². The molecule has 8 heteroatoms. The summed E-state index contributed by atoms with van der Waals surface area (Å²) in [5.41, 5.74) is 3.29. The Morgan fingerprint density at radius 1 is 1.12 bits per heavy atom. The second kappa shape index (κ2) is 8.89. The van der Waals surface area contributed by atoms with E-state index in [0.717, 1.165) is 5.69 Å². The Morgan fingerprint density at radius 3 is 2.52 bits per heavy atom. The van der Waals surface area contributed by atoms with Crippen molar-refractivity contribution in [1.82, 2.24) is 4.31 Å². The lowest BCUT2D eigenvalue weighted by Crippen LogP contribution is -2.36. The molecule has 1 atom stereocenters. The molecule has 0 saturated carbocycles. The summed E-state index contributed by atoms with van der Waals surface area (Å²) in [4.78, 5) is 14.4. The number of likely N-dealkylation sites (N-methyl/N-ethyl adjacent to an activating group) is 1. The second-order valence-electron chi connectivity index (χ2n) is 7.91. The zero-order valence-electron chi connectivity index (χ0n) is 18.6. The molecule has 33 heavy (non-hydrogen) atoms. The van der Waals surface area contributed by atoms with Gasteiger partial charge in [-0.1, -0.05) is 30.3 Å². The van der Waals surface area contributed by atoms with Gasteiger partial charge in [0.25, 0.3) is 0 Å². The predicted molar refractivity (Wildman–Crippen MR) is 130 cm³/mol. The van der Waals surface area contributed by atoms with Crippen molar-refractivity contribution in [3.8, 4) is 17.2 Å². The lowest BCUT2D eigenvalue weighted by atomic mass is 9.97. The largest absolute Gasteiger partial charge is 0.465 e. The number of hydrogen-bond acceptors (Lipinski definition) is 7. The highest BCUT2D eigenvalue weighted by Crippen LogP contribution is 2.59. The quantitative estimate of drug-likeness (QED) is 0.495. The van der Waals surface area contributed by atoms with Gasteiger partial charge in [0.2, 0.25) is 0 Å². The molecule has 0 amide bonds. The highest BCUT2D eigenvalue weighted by Gasteiger charge is 2.36. The molecule has 0 fully saturated rings. The number of nitriles is 1. The Hall–Kier alpha value is -3.35. The van der Waals surface area contributed by atoms with Crippen LogP contribution in [0.2, 0.25) is 0 Å². The molecule has 0 bridgehead atoms. The van der Waals surface area contributed by atoms with Crippen molar-refractivity contribution in [2.75, 3.05) is 25.6 Å². The van der Waals surface area contributed by atoms with Gasteiger partial charge in [-0.15, -0.1) is 10.8 Å². The molecular weight excluding hydrogens is 438 g/mol. The number of esters is 1. The molecule has 1 heterocycles. The minimum absolute atomic E-state index is 0.181. The predicted octanol–water partition coefficient (Wildman–Crippen LogP) is 5.51. The number of ether oxygens (including phenoxy) is 1. The molecule has 2 N–H and O–H groups in total. The first-order valence-corrected chi connectivity index (χ1v) is 11.9. The molecule has 0 radical (unpaired) electrons. The van der Waals surface area contributed by atoms with Gasteiger partial charge >= 0.3 is 5.97 Å². The van der Waals surface area contributed by atoms with E-state index in [-0.39, 0.29) is 6.04 Å². The van der Waals surface area contributed by atoms with E-state index in [9.17, 15) is 19.2 Å². The zero-order valence-corrected chi connectivity index (χ0v) is 19.4. The number of benzene rings is 3. The average molecular weight is 464 g/mol. The number of fused-ring (bicyclic) bond motifs is 1. The van der Waals surface area contributed by atoms with Gasteiger partial charge in [-0.3, -0.25) is 9.11 Å². The Bertz CT molecular complexity index is 1240. The fraction of sp³-hybridized carbons (Fsp3) is 0.200. The number of nitrogens with zero attached hydrogens (tertiary/aromatic N) is 3. The van der Waals surface area contributed by atoms with E-state index in [2.05, 4.69) is 6.07 Å². The number of rotatable bonds is 3. The molecule has 3 aromatic rings. The third-order valence-electron chi connectivity index (χ3n) is 5.94. The van der Waals surface area contributed by atoms with Crippen molar-refractivity contribution in [3.05, 3.63) is 77.9 Å². The van der Waals surface area contributed by atoms with Gasteiger partial charge in [0.1, 0.15) is 0 Å². The van der Waals surface area contributed by atoms with Crippen molar-refractivity contribution in [1.29, 1.82) is 5.26 Å². The molecule has 3 aromatic carbocycles. The Balaban J connectivity index is 1.98. The highest BCUT2D eigenvalue weighted by molar-refractivity contribution is 8.22. The normalized spacial score (nSPS) is 18.5. The highest BCUT2D eigenvalue weighted by atomic mass is 32.3. The zero-order chi connectivity index (χ0) is 23.8. The maximum absolute atomic E-state index is 12.0. The van der Waals surface area contributed by atoms with Crippen LogP contribution in [0.5, 0.6) is 0 Å². The van der Waals surface area contributed by atoms with Crippen molar-refractivity contribution in [2.45, 2.75) is 17.9 Å². The number of anilines is 2. The summed E-state index contributed by atoms with van der Waals surface area (Å²) in [6.07, 6.45) is 0. The monoisotopic (exact) mass is 463 g/mol. The summed E-state index contributed by atoms with van der Waals surface area (Å²) in [5, 5.41) is 9.98. The fourth-order valence-electron chi connectivity index (χ4n) is 4.00. The average Bonchev–Trinajstić information content (AvgIpc) is 2.92. The molecular formula is C25H25N3O4S. The SMILES string of the molecule is COC(=O)c1cccc(-c2cc3c(cc2C#N)N(c2ccccc2)CC(C)N(C)S3(O)O)c1. The number of para-hydroxylation sites is 1. The number of methoxy groups -OCH3 is 1. The van der Waals surface area contributed by atoms with Crippen LogP contribution < -0.4 is 4.90 Å². The van der Waals surface area contributed by atoms with Gasteiger partial charge in [-0.25, -0.2) is 9.10 Å². The van der Waals surface area contributed by atoms with Crippen LogP contribution >= 0.6 is 10.8 Å². The Morgan fingerprint density at radius 2 is 1.85 bits per heavy atom. The molecule has 170 valence electrons. The Labute approximate surface area is 194 Å². The first kappa shape index (κ1) is 22.8. The van der Waals surface area contributed by atoms with Crippen molar-refractivity contribution >= 4 is 28.1 Å². The summed E-state index contributed by atoms with van der Waals surface area (Å²) in [7, 11) is -0.347. The van der Waals surface area contributed by atoms with E-state index >= 15 is 0 Å². The lowest BCUT2D eigenvalue weighted by Gasteiger charge is -2.42. The number of hydrogen-bond donors (Lipinski definition) is 2. The van der Waals surface area contributed by atoms with Crippen LogP contribution in [0.4, 0.5) is 11.4 Å². The first-order valence-electron chi connectivity index (χ1n) is 10.4. The minimum Gasteiger partial charge on any atom is -0.465 e. The molecule has 1 aliphatic rings. The maximum atomic E-state index is 12.0. The van der Waals surface area contributed by atoms with Crippen LogP contribution in [0.1, 0.15) is 22.8 Å². The summed E-state index contributed by atoms with van der Waals surface area (Å²) in [6, 6.07) is 21.8. The van der Waals surface area contributed by atoms with Crippen LogP contribution in [0, 0.1) is 11.3 Å². The molecule has 7 nitrogen and oxygen atoms in total. The summed E-state index contributed by atoms with van der Waals surface area (Å²) >= 11 is 0. The standard InChI is InChI=1S/C25H25N3O4S/c1-17-16-28(21-10-5-4-6-11-21)23-13-20(15-26)22(14-24(23)33(30,31)27(17)2)18-8-7-9-19(12-18)25(29)32-3/h4-14,17,30-31H,16H2,1-3H3. The summed E-state index contributed by atoms with van der Waals surface area (Å²) in [5.74, 6) is -0.488. The van der Waals surface area contributed by atoms with Crippen LogP contribution in [0.3, 0.4) is 0 Å².